The van der Waals surface area contributed by atoms with Gasteiger partial charge in [-0.15, -0.1) is 10.2 Å². The number of halogens is 2. The van der Waals surface area contributed by atoms with Crippen molar-refractivity contribution in [2.45, 2.75) is 78.2 Å². The van der Waals surface area contributed by atoms with Crippen molar-refractivity contribution in [3.8, 4) is 0 Å². The summed E-state index contributed by atoms with van der Waals surface area (Å²) in [4.78, 5) is 14.9. The van der Waals surface area contributed by atoms with Crippen molar-refractivity contribution in [1.82, 2.24) is 34.0 Å². The maximum absolute atomic E-state index is 14.0. The zero-order valence-electron chi connectivity index (χ0n) is 23.2. The number of hydrogen-bond donors (Lipinski definition) is 0. The van der Waals surface area contributed by atoms with Crippen LogP contribution in [0.15, 0.2) is 24.5 Å². The Kier molecular flexibility index (Phi) is 6.97. The van der Waals surface area contributed by atoms with Gasteiger partial charge in [-0.2, -0.15) is 4.98 Å². The van der Waals surface area contributed by atoms with Crippen LogP contribution in [0.5, 0.6) is 0 Å². The van der Waals surface area contributed by atoms with E-state index in [4.69, 9.17) is 26.3 Å². The standard InChI is InChI=1S/C28H36ClFN8O/c1-16(2)25(20-8-9-23(30)22(29)11-20)35-12-18(4)36(13-17(35)3)26-24-27(38-15-31-34-28(38)33-26)37(19(5)32-24)14-21-7-6-10-39-21/h8-9,11,15-18,21,25H,6-7,10,12-14H2,1-5H3/t17-,18+,21?,25+/m1/s1. The van der Waals surface area contributed by atoms with Gasteiger partial charge in [0.1, 0.15) is 23.5 Å². The summed E-state index contributed by atoms with van der Waals surface area (Å²) in [5.41, 5.74) is 2.85. The van der Waals surface area contributed by atoms with Crippen molar-refractivity contribution >= 4 is 34.4 Å². The third-order valence-electron chi connectivity index (χ3n) is 8.30. The van der Waals surface area contributed by atoms with Crippen LogP contribution in [-0.4, -0.2) is 71.9 Å². The van der Waals surface area contributed by atoms with Gasteiger partial charge in [0.2, 0.25) is 0 Å². The van der Waals surface area contributed by atoms with Crippen molar-refractivity contribution < 1.29 is 9.13 Å². The summed E-state index contributed by atoms with van der Waals surface area (Å²) < 4.78 is 24.1. The minimum absolute atomic E-state index is 0.113. The van der Waals surface area contributed by atoms with E-state index in [-0.39, 0.29) is 35.1 Å². The molecule has 2 fully saturated rings. The molecule has 4 atom stereocenters. The molecule has 11 heteroatoms. The first kappa shape index (κ1) is 26.4. The second-order valence-corrected chi connectivity index (χ2v) is 11.8. The van der Waals surface area contributed by atoms with Crippen LogP contribution in [0.4, 0.5) is 10.2 Å². The van der Waals surface area contributed by atoms with Gasteiger partial charge in [-0.25, -0.2) is 13.8 Å². The van der Waals surface area contributed by atoms with E-state index in [0.29, 0.717) is 11.7 Å². The molecule has 0 bridgehead atoms. The second kappa shape index (κ2) is 10.3. The average Bonchev–Trinajstić information content (AvgIpc) is 3.64. The highest BCUT2D eigenvalue weighted by atomic mass is 35.5. The van der Waals surface area contributed by atoms with Gasteiger partial charge in [0, 0.05) is 37.8 Å². The summed E-state index contributed by atoms with van der Waals surface area (Å²) in [5, 5.41) is 8.66. The van der Waals surface area contributed by atoms with Crippen molar-refractivity contribution in [2.24, 2.45) is 5.92 Å². The fraction of sp³-hybridized carbons (Fsp3) is 0.571. The summed E-state index contributed by atoms with van der Waals surface area (Å²) >= 11 is 6.19. The smallest absolute Gasteiger partial charge is 0.258 e. The van der Waals surface area contributed by atoms with Gasteiger partial charge in [-0.3, -0.25) is 4.90 Å². The number of aromatic nitrogens is 6. The molecule has 2 aliphatic rings. The maximum Gasteiger partial charge on any atom is 0.258 e. The van der Waals surface area contributed by atoms with E-state index in [9.17, 15) is 4.39 Å². The highest BCUT2D eigenvalue weighted by Crippen LogP contribution is 2.37. The molecule has 2 aliphatic heterocycles. The minimum atomic E-state index is -0.387. The Bertz CT molecular complexity index is 1500. The average molecular weight is 555 g/mol. The molecule has 0 spiro atoms. The lowest BCUT2D eigenvalue weighted by Crippen LogP contribution is -2.58. The number of hydrogen-bond acceptors (Lipinski definition) is 7. The quantitative estimate of drug-likeness (QED) is 0.330. The Morgan fingerprint density at radius 3 is 2.69 bits per heavy atom. The second-order valence-electron chi connectivity index (χ2n) is 11.4. The van der Waals surface area contributed by atoms with Crippen LogP contribution < -0.4 is 4.90 Å². The maximum atomic E-state index is 14.0. The molecule has 9 nitrogen and oxygen atoms in total. The molecule has 6 rings (SSSR count). The number of piperazine rings is 1. The van der Waals surface area contributed by atoms with Crippen LogP contribution in [0.1, 0.15) is 58.0 Å². The molecule has 3 aromatic heterocycles. The molecule has 0 aliphatic carbocycles. The number of benzene rings is 1. The molecule has 0 amide bonds. The zero-order chi connectivity index (χ0) is 27.4. The molecule has 0 radical (unpaired) electrons. The molecule has 5 heterocycles. The van der Waals surface area contributed by atoms with Gasteiger partial charge in [-0.1, -0.05) is 31.5 Å². The van der Waals surface area contributed by atoms with E-state index in [2.05, 4.69) is 52.3 Å². The molecular weight excluding hydrogens is 519 g/mol. The number of imidazole rings is 1. The Labute approximate surface area is 232 Å². The van der Waals surface area contributed by atoms with E-state index >= 15 is 0 Å². The third-order valence-corrected chi connectivity index (χ3v) is 8.59. The number of nitrogens with zero attached hydrogens (tertiary/aromatic N) is 8. The Hall–Kier alpha value is -2.82. The molecule has 1 aromatic carbocycles. The number of ether oxygens (including phenoxy) is 1. The molecule has 0 N–H and O–H groups in total. The summed E-state index contributed by atoms with van der Waals surface area (Å²) in [6.45, 7) is 14.1. The van der Waals surface area contributed by atoms with E-state index < -0.39 is 0 Å². The number of rotatable bonds is 6. The van der Waals surface area contributed by atoms with Gasteiger partial charge in [0.15, 0.2) is 11.5 Å². The zero-order valence-corrected chi connectivity index (χ0v) is 23.9. The van der Waals surface area contributed by atoms with Crippen molar-refractivity contribution in [2.75, 3.05) is 24.6 Å². The fourth-order valence-corrected chi connectivity index (χ4v) is 6.64. The molecule has 39 heavy (non-hydrogen) atoms. The third kappa shape index (κ3) is 4.66. The topological polar surface area (TPSA) is 76.6 Å². The minimum Gasteiger partial charge on any atom is -0.376 e. The van der Waals surface area contributed by atoms with Crippen LogP contribution in [0.3, 0.4) is 0 Å². The van der Waals surface area contributed by atoms with Crippen LogP contribution >= 0.6 is 11.6 Å². The summed E-state index contributed by atoms with van der Waals surface area (Å²) in [5.74, 6) is 2.26. The normalized spacial score (nSPS) is 23.5. The first-order chi connectivity index (χ1) is 18.7. The lowest BCUT2D eigenvalue weighted by atomic mass is 9.91. The summed E-state index contributed by atoms with van der Waals surface area (Å²) in [6, 6.07) is 5.59. The van der Waals surface area contributed by atoms with Gasteiger partial charge >= 0.3 is 0 Å². The molecule has 208 valence electrons. The Balaban J connectivity index is 1.37. The predicted molar refractivity (Wildman–Crippen MR) is 150 cm³/mol. The van der Waals surface area contributed by atoms with E-state index in [1.165, 1.54) is 6.07 Å². The van der Waals surface area contributed by atoms with Gasteiger partial charge in [0.25, 0.3) is 5.78 Å². The van der Waals surface area contributed by atoms with E-state index in [1.54, 1.807) is 12.4 Å². The summed E-state index contributed by atoms with van der Waals surface area (Å²) in [7, 11) is 0. The number of fused-ring (bicyclic) bond motifs is 3. The van der Waals surface area contributed by atoms with Crippen LogP contribution in [-0.2, 0) is 11.3 Å². The fourth-order valence-electron chi connectivity index (χ4n) is 6.45. The summed E-state index contributed by atoms with van der Waals surface area (Å²) in [6.07, 6.45) is 4.04. The van der Waals surface area contributed by atoms with Gasteiger partial charge in [0.05, 0.1) is 17.7 Å². The van der Waals surface area contributed by atoms with Crippen LogP contribution in [0.25, 0.3) is 16.9 Å². The molecule has 0 saturated carbocycles. The van der Waals surface area contributed by atoms with E-state index in [0.717, 1.165) is 67.5 Å². The van der Waals surface area contributed by atoms with Gasteiger partial charge < -0.3 is 14.2 Å². The van der Waals surface area contributed by atoms with Crippen LogP contribution in [0.2, 0.25) is 5.02 Å². The largest absolute Gasteiger partial charge is 0.376 e. The Morgan fingerprint density at radius 1 is 1.15 bits per heavy atom. The van der Waals surface area contributed by atoms with Gasteiger partial charge in [-0.05, 0) is 57.2 Å². The lowest BCUT2D eigenvalue weighted by molar-refractivity contribution is 0.0821. The molecule has 4 aromatic rings. The van der Waals surface area contributed by atoms with Crippen LogP contribution in [0, 0.1) is 18.7 Å². The SMILES string of the molecule is Cc1nc2c(N3C[C@@H](C)N([C@H](c4ccc(F)c(Cl)c4)C(C)C)C[C@@H]3C)nc3nncn3c2n1CC1CCCO1. The highest BCUT2D eigenvalue weighted by molar-refractivity contribution is 6.30. The lowest BCUT2D eigenvalue weighted by Gasteiger charge is -2.49. The van der Waals surface area contributed by atoms with Crippen molar-refractivity contribution in [3.63, 3.8) is 0 Å². The number of anilines is 1. The predicted octanol–water partition coefficient (Wildman–Crippen LogP) is 5.05. The van der Waals surface area contributed by atoms with E-state index in [1.807, 2.05) is 17.4 Å². The van der Waals surface area contributed by atoms with Crippen molar-refractivity contribution in [1.29, 1.82) is 0 Å². The first-order valence-electron chi connectivity index (χ1n) is 13.9. The van der Waals surface area contributed by atoms with Crippen molar-refractivity contribution in [3.05, 3.63) is 46.8 Å². The first-order valence-corrected chi connectivity index (χ1v) is 14.3. The molecular formula is C28H36ClFN8O. The highest BCUT2D eigenvalue weighted by Gasteiger charge is 2.37. The molecule has 1 unspecified atom stereocenters. The number of aryl methyl sites for hydroxylation is 1. The Morgan fingerprint density at radius 2 is 1.97 bits per heavy atom. The molecule has 2 saturated heterocycles. The monoisotopic (exact) mass is 554 g/mol.